The van der Waals surface area contributed by atoms with E-state index in [0.717, 1.165) is 46.7 Å². The van der Waals surface area contributed by atoms with Gasteiger partial charge in [-0.2, -0.15) is 0 Å². The van der Waals surface area contributed by atoms with Crippen molar-refractivity contribution >= 4 is 11.6 Å². The monoisotopic (exact) mass is 295 g/mol. The summed E-state index contributed by atoms with van der Waals surface area (Å²) in [7, 11) is 0. The molecule has 0 unspecified atom stereocenters. The Morgan fingerprint density at radius 2 is 2.00 bits per heavy atom. The van der Waals surface area contributed by atoms with Gasteiger partial charge in [0.2, 0.25) is 0 Å². The summed E-state index contributed by atoms with van der Waals surface area (Å²) in [5.74, 6) is 1.44. The second-order valence-electron chi connectivity index (χ2n) is 5.74. The van der Waals surface area contributed by atoms with Crippen molar-refractivity contribution in [2.75, 3.05) is 18.5 Å². The standard InChI is InChI=1S/C18H17NO3/c1-11-3-2-4-13(9-11)19-18(20)16-14-6-8-21-15(14)10-12-5-7-22-17(12)16/h2-4,9-10H,5-8H2,1H3,(H,19,20). The van der Waals surface area contributed by atoms with Crippen LogP contribution in [0.2, 0.25) is 0 Å². The fourth-order valence-electron chi connectivity index (χ4n) is 3.14. The maximum atomic E-state index is 12.8. The second kappa shape index (κ2) is 5.05. The number of fused-ring (bicyclic) bond motifs is 2. The fourth-order valence-corrected chi connectivity index (χ4v) is 3.14. The molecule has 4 rings (SSSR count). The first-order valence-corrected chi connectivity index (χ1v) is 7.55. The van der Waals surface area contributed by atoms with Crippen LogP contribution in [-0.4, -0.2) is 19.1 Å². The van der Waals surface area contributed by atoms with Crippen molar-refractivity contribution in [1.82, 2.24) is 0 Å². The van der Waals surface area contributed by atoms with Crippen molar-refractivity contribution in [2.24, 2.45) is 0 Å². The normalized spacial score (nSPS) is 14.8. The molecule has 0 saturated carbocycles. The Labute approximate surface area is 129 Å². The van der Waals surface area contributed by atoms with Crippen LogP contribution >= 0.6 is 0 Å². The summed E-state index contributed by atoms with van der Waals surface area (Å²) in [6, 6.07) is 9.81. The van der Waals surface area contributed by atoms with Crippen molar-refractivity contribution in [3.05, 3.63) is 52.6 Å². The predicted molar refractivity (Wildman–Crippen MR) is 84.0 cm³/mol. The van der Waals surface area contributed by atoms with E-state index in [0.29, 0.717) is 18.8 Å². The predicted octanol–water partition coefficient (Wildman–Crippen LogP) is 3.12. The largest absolute Gasteiger partial charge is 0.493 e. The van der Waals surface area contributed by atoms with Crippen molar-refractivity contribution in [3.63, 3.8) is 0 Å². The molecule has 1 amide bonds. The topological polar surface area (TPSA) is 47.6 Å². The van der Waals surface area contributed by atoms with Crippen molar-refractivity contribution in [1.29, 1.82) is 0 Å². The molecule has 2 aliphatic heterocycles. The Balaban J connectivity index is 1.74. The number of hydrogen-bond donors (Lipinski definition) is 1. The number of amides is 1. The van der Waals surface area contributed by atoms with E-state index < -0.39 is 0 Å². The zero-order valence-corrected chi connectivity index (χ0v) is 12.4. The average molecular weight is 295 g/mol. The van der Waals surface area contributed by atoms with Crippen LogP contribution in [-0.2, 0) is 12.8 Å². The lowest BCUT2D eigenvalue weighted by atomic mass is 9.99. The summed E-state index contributed by atoms with van der Waals surface area (Å²) in [5, 5.41) is 2.98. The van der Waals surface area contributed by atoms with Gasteiger partial charge >= 0.3 is 0 Å². The second-order valence-corrected chi connectivity index (χ2v) is 5.74. The number of carbonyl (C=O) groups excluding carboxylic acids is 1. The summed E-state index contributed by atoms with van der Waals surface area (Å²) in [6.45, 7) is 3.26. The van der Waals surface area contributed by atoms with Gasteiger partial charge < -0.3 is 14.8 Å². The molecule has 2 aliphatic rings. The molecule has 0 aromatic heterocycles. The highest BCUT2D eigenvalue weighted by Crippen LogP contribution is 2.40. The molecule has 0 fully saturated rings. The third-order valence-corrected chi connectivity index (χ3v) is 4.15. The molecular formula is C18H17NO3. The van der Waals surface area contributed by atoms with Crippen LogP contribution in [0.25, 0.3) is 0 Å². The highest BCUT2D eigenvalue weighted by Gasteiger charge is 2.30. The molecule has 4 nitrogen and oxygen atoms in total. The molecular weight excluding hydrogens is 278 g/mol. The number of carbonyl (C=O) groups is 1. The number of anilines is 1. The third kappa shape index (κ3) is 2.11. The van der Waals surface area contributed by atoms with Gasteiger partial charge in [0.05, 0.1) is 18.8 Å². The first-order valence-electron chi connectivity index (χ1n) is 7.55. The van der Waals surface area contributed by atoms with E-state index in [1.54, 1.807) is 0 Å². The van der Waals surface area contributed by atoms with Gasteiger partial charge in [-0.3, -0.25) is 4.79 Å². The summed E-state index contributed by atoms with van der Waals surface area (Å²) in [5.41, 5.74) is 4.58. The minimum absolute atomic E-state index is 0.119. The van der Waals surface area contributed by atoms with Crippen LogP contribution in [0.3, 0.4) is 0 Å². The number of hydrogen-bond acceptors (Lipinski definition) is 3. The summed E-state index contributed by atoms with van der Waals surface area (Å²) in [6.07, 6.45) is 1.58. The van der Waals surface area contributed by atoms with E-state index in [9.17, 15) is 4.79 Å². The van der Waals surface area contributed by atoms with Gasteiger partial charge in [0, 0.05) is 29.7 Å². The Morgan fingerprint density at radius 3 is 2.86 bits per heavy atom. The summed E-state index contributed by atoms with van der Waals surface area (Å²) in [4.78, 5) is 12.8. The molecule has 0 radical (unpaired) electrons. The molecule has 4 heteroatoms. The molecule has 0 spiro atoms. The van der Waals surface area contributed by atoms with E-state index in [-0.39, 0.29) is 5.91 Å². The van der Waals surface area contributed by atoms with Crippen LogP contribution in [0.5, 0.6) is 11.5 Å². The molecule has 1 N–H and O–H groups in total. The van der Waals surface area contributed by atoms with Gasteiger partial charge in [-0.15, -0.1) is 0 Å². The quantitative estimate of drug-likeness (QED) is 0.926. The number of aryl methyl sites for hydroxylation is 1. The molecule has 112 valence electrons. The van der Waals surface area contributed by atoms with E-state index in [1.807, 2.05) is 37.3 Å². The molecule has 0 aliphatic carbocycles. The Kier molecular flexibility index (Phi) is 3.03. The highest BCUT2D eigenvalue weighted by atomic mass is 16.5. The van der Waals surface area contributed by atoms with Gasteiger partial charge in [0.25, 0.3) is 5.91 Å². The maximum absolute atomic E-state index is 12.8. The Bertz CT molecular complexity index is 735. The summed E-state index contributed by atoms with van der Waals surface area (Å²) < 4.78 is 11.4. The van der Waals surface area contributed by atoms with Crippen LogP contribution in [0.1, 0.15) is 27.0 Å². The van der Waals surface area contributed by atoms with Crippen LogP contribution < -0.4 is 14.8 Å². The van der Waals surface area contributed by atoms with Gasteiger partial charge in [0.15, 0.2) is 0 Å². The first-order chi connectivity index (χ1) is 10.7. The van der Waals surface area contributed by atoms with Crippen LogP contribution in [0.4, 0.5) is 5.69 Å². The lowest BCUT2D eigenvalue weighted by Gasteiger charge is -2.13. The maximum Gasteiger partial charge on any atom is 0.259 e. The van der Waals surface area contributed by atoms with Crippen LogP contribution in [0, 0.1) is 6.92 Å². The van der Waals surface area contributed by atoms with E-state index in [2.05, 4.69) is 5.32 Å². The SMILES string of the molecule is Cc1cccc(NC(=O)c2c3c(cc4c2OCC4)OCC3)c1. The zero-order valence-electron chi connectivity index (χ0n) is 12.4. The lowest BCUT2D eigenvalue weighted by molar-refractivity contribution is 0.102. The summed E-state index contributed by atoms with van der Waals surface area (Å²) >= 11 is 0. The zero-order chi connectivity index (χ0) is 15.1. The Hall–Kier alpha value is -2.49. The van der Waals surface area contributed by atoms with Crippen LogP contribution in [0.15, 0.2) is 30.3 Å². The average Bonchev–Trinajstić information content (AvgIpc) is 3.12. The minimum Gasteiger partial charge on any atom is -0.493 e. The number of nitrogens with one attached hydrogen (secondary N) is 1. The number of rotatable bonds is 2. The molecule has 0 atom stereocenters. The van der Waals surface area contributed by atoms with Gasteiger partial charge in [0.1, 0.15) is 11.5 Å². The smallest absolute Gasteiger partial charge is 0.259 e. The van der Waals surface area contributed by atoms with Gasteiger partial charge in [-0.25, -0.2) is 0 Å². The van der Waals surface area contributed by atoms with Crippen molar-refractivity contribution < 1.29 is 14.3 Å². The van der Waals surface area contributed by atoms with Gasteiger partial charge in [-0.1, -0.05) is 12.1 Å². The van der Waals surface area contributed by atoms with E-state index >= 15 is 0 Å². The first kappa shape index (κ1) is 13.2. The van der Waals surface area contributed by atoms with Crippen molar-refractivity contribution in [3.8, 4) is 11.5 Å². The van der Waals surface area contributed by atoms with E-state index in [4.69, 9.17) is 9.47 Å². The highest BCUT2D eigenvalue weighted by molar-refractivity contribution is 6.08. The molecule has 2 heterocycles. The molecule has 0 saturated heterocycles. The number of benzene rings is 2. The Morgan fingerprint density at radius 1 is 1.14 bits per heavy atom. The van der Waals surface area contributed by atoms with Gasteiger partial charge in [-0.05, 0) is 30.7 Å². The molecule has 2 aromatic carbocycles. The van der Waals surface area contributed by atoms with E-state index in [1.165, 1.54) is 0 Å². The fraction of sp³-hybridized carbons (Fsp3) is 0.278. The lowest BCUT2D eigenvalue weighted by Crippen LogP contribution is -2.15. The minimum atomic E-state index is -0.119. The molecule has 2 aromatic rings. The molecule has 22 heavy (non-hydrogen) atoms. The number of ether oxygens (including phenoxy) is 2. The third-order valence-electron chi connectivity index (χ3n) is 4.15. The molecule has 0 bridgehead atoms. The van der Waals surface area contributed by atoms with Crippen molar-refractivity contribution in [2.45, 2.75) is 19.8 Å².